The molecule has 5 rings (SSSR count). The number of ether oxygens (including phenoxy) is 1. The average molecular weight is 436 g/mol. The second-order valence-electron chi connectivity index (χ2n) is 7.21. The smallest absolute Gasteiger partial charge is 0.275 e. The van der Waals surface area contributed by atoms with Gasteiger partial charge in [0.1, 0.15) is 11.4 Å². The van der Waals surface area contributed by atoms with Crippen LogP contribution in [0.5, 0.6) is 5.75 Å². The first-order chi connectivity index (χ1) is 15.1. The molecule has 0 bridgehead atoms. The molecule has 0 radical (unpaired) electrons. The molecule has 9 heteroatoms. The normalized spacial score (nSPS) is 16.1. The Kier molecular flexibility index (Phi) is 4.91. The van der Waals surface area contributed by atoms with Gasteiger partial charge >= 0.3 is 0 Å². The van der Waals surface area contributed by atoms with Crippen molar-refractivity contribution in [3.63, 3.8) is 0 Å². The molecule has 1 N–H and O–H groups in total. The Morgan fingerprint density at radius 3 is 2.84 bits per heavy atom. The number of methoxy groups -OCH3 is 1. The van der Waals surface area contributed by atoms with Crippen LogP contribution in [0.2, 0.25) is 5.02 Å². The lowest BCUT2D eigenvalue weighted by molar-refractivity contribution is -0.117. The van der Waals surface area contributed by atoms with Crippen molar-refractivity contribution in [2.75, 3.05) is 18.6 Å². The summed E-state index contributed by atoms with van der Waals surface area (Å²) >= 11 is 6.13. The molecule has 0 aliphatic carbocycles. The second kappa shape index (κ2) is 7.88. The maximum absolute atomic E-state index is 12.7. The first-order valence-electron chi connectivity index (χ1n) is 9.71. The van der Waals surface area contributed by atoms with Gasteiger partial charge in [-0.1, -0.05) is 47.1 Å². The second-order valence-corrected chi connectivity index (χ2v) is 7.65. The molecular weight excluding hydrogens is 418 g/mol. The van der Waals surface area contributed by atoms with Crippen LogP contribution in [0.4, 0.5) is 5.69 Å². The maximum atomic E-state index is 12.7. The minimum atomic E-state index is -0.204. The predicted octanol–water partition coefficient (Wildman–Crippen LogP) is 4.31. The van der Waals surface area contributed by atoms with Gasteiger partial charge in [-0.25, -0.2) is 0 Å². The number of aromatic amines is 1. The molecule has 156 valence electrons. The molecule has 1 aliphatic rings. The summed E-state index contributed by atoms with van der Waals surface area (Å²) in [5.41, 5.74) is 3.02. The molecule has 2 aromatic heterocycles. The third-order valence-corrected chi connectivity index (χ3v) is 5.48. The zero-order valence-electron chi connectivity index (χ0n) is 16.6. The lowest BCUT2D eigenvalue weighted by Crippen LogP contribution is -2.24. The summed E-state index contributed by atoms with van der Waals surface area (Å²) in [6, 6.07) is 16.8. The monoisotopic (exact) mass is 435 g/mol. The van der Waals surface area contributed by atoms with Crippen LogP contribution in [0.15, 0.2) is 59.1 Å². The molecule has 0 saturated carbocycles. The number of benzene rings is 2. The summed E-state index contributed by atoms with van der Waals surface area (Å²) in [4.78, 5) is 18.9. The van der Waals surface area contributed by atoms with Crippen molar-refractivity contribution in [2.45, 2.75) is 12.3 Å². The van der Waals surface area contributed by atoms with Crippen molar-refractivity contribution in [1.29, 1.82) is 0 Å². The standard InChI is InChI=1S/C22H18ClN5O3/c1-30-19-8-7-15(23)10-18(19)28-12-14(9-20(28)29)21-24-22(31-27-21)17-11-16(25-26-17)13-5-3-2-4-6-13/h2-8,10-11,14H,9,12H2,1H3,(H,25,26). The molecule has 0 spiro atoms. The Morgan fingerprint density at radius 2 is 2.03 bits per heavy atom. The molecule has 8 nitrogen and oxygen atoms in total. The summed E-state index contributed by atoms with van der Waals surface area (Å²) in [7, 11) is 1.56. The highest BCUT2D eigenvalue weighted by Gasteiger charge is 2.36. The summed E-state index contributed by atoms with van der Waals surface area (Å²) in [5, 5.41) is 11.9. The number of carbonyl (C=O) groups is 1. The van der Waals surface area contributed by atoms with Crippen molar-refractivity contribution in [1.82, 2.24) is 20.3 Å². The van der Waals surface area contributed by atoms with Gasteiger partial charge in [-0.15, -0.1) is 0 Å². The van der Waals surface area contributed by atoms with E-state index in [1.165, 1.54) is 0 Å². The fourth-order valence-corrected chi connectivity index (χ4v) is 3.85. The number of rotatable bonds is 5. The lowest BCUT2D eigenvalue weighted by Gasteiger charge is -2.19. The molecule has 1 saturated heterocycles. The average Bonchev–Trinajstić information content (AvgIpc) is 3.53. The summed E-state index contributed by atoms with van der Waals surface area (Å²) in [5.74, 6) is 1.13. The van der Waals surface area contributed by atoms with E-state index in [2.05, 4.69) is 20.3 Å². The van der Waals surface area contributed by atoms with Gasteiger partial charge in [0.15, 0.2) is 5.82 Å². The van der Waals surface area contributed by atoms with Crippen LogP contribution >= 0.6 is 11.6 Å². The third kappa shape index (κ3) is 3.66. The van der Waals surface area contributed by atoms with Crippen LogP contribution in [0.25, 0.3) is 22.8 Å². The Balaban J connectivity index is 1.37. The van der Waals surface area contributed by atoms with Gasteiger partial charge in [0.2, 0.25) is 5.91 Å². The van der Waals surface area contributed by atoms with Crippen LogP contribution < -0.4 is 9.64 Å². The van der Waals surface area contributed by atoms with Crippen LogP contribution in [0.3, 0.4) is 0 Å². The minimum Gasteiger partial charge on any atom is -0.495 e. The summed E-state index contributed by atoms with van der Waals surface area (Å²) in [6.07, 6.45) is 0.271. The van der Waals surface area contributed by atoms with Crippen molar-refractivity contribution in [3.05, 3.63) is 65.4 Å². The zero-order valence-corrected chi connectivity index (χ0v) is 17.3. The number of amides is 1. The molecule has 1 unspecified atom stereocenters. The molecule has 1 amide bonds. The lowest BCUT2D eigenvalue weighted by atomic mass is 10.1. The molecule has 2 aromatic carbocycles. The van der Waals surface area contributed by atoms with Gasteiger partial charge in [0.05, 0.1) is 18.5 Å². The fourth-order valence-electron chi connectivity index (χ4n) is 3.69. The topological polar surface area (TPSA) is 97.1 Å². The van der Waals surface area contributed by atoms with Crippen molar-refractivity contribution < 1.29 is 14.1 Å². The molecule has 1 aliphatic heterocycles. The maximum Gasteiger partial charge on any atom is 0.275 e. The number of hydrogen-bond donors (Lipinski definition) is 1. The quantitative estimate of drug-likeness (QED) is 0.501. The van der Waals surface area contributed by atoms with E-state index in [9.17, 15) is 4.79 Å². The summed E-state index contributed by atoms with van der Waals surface area (Å²) < 4.78 is 10.8. The van der Waals surface area contributed by atoms with Crippen LogP contribution in [0.1, 0.15) is 18.2 Å². The van der Waals surface area contributed by atoms with E-state index in [0.717, 1.165) is 11.3 Å². The number of nitrogens with one attached hydrogen (secondary N) is 1. The zero-order chi connectivity index (χ0) is 21.4. The van der Waals surface area contributed by atoms with Gasteiger partial charge < -0.3 is 14.2 Å². The van der Waals surface area contributed by atoms with Gasteiger partial charge in [-0.05, 0) is 24.3 Å². The van der Waals surface area contributed by atoms with Crippen LogP contribution in [0, 0.1) is 0 Å². The SMILES string of the molecule is COc1ccc(Cl)cc1N1CC(c2noc(-c3cc(-c4ccccc4)n[nH]3)n2)CC1=O. The number of hydrogen-bond acceptors (Lipinski definition) is 6. The molecule has 1 atom stereocenters. The van der Waals surface area contributed by atoms with Gasteiger partial charge in [0, 0.05) is 29.5 Å². The molecule has 3 heterocycles. The molecule has 31 heavy (non-hydrogen) atoms. The highest BCUT2D eigenvalue weighted by atomic mass is 35.5. The Hall–Kier alpha value is -3.65. The number of halogens is 1. The van der Waals surface area contributed by atoms with E-state index in [1.807, 2.05) is 36.4 Å². The molecule has 1 fully saturated rings. The van der Waals surface area contributed by atoms with E-state index in [1.54, 1.807) is 30.2 Å². The van der Waals surface area contributed by atoms with E-state index >= 15 is 0 Å². The fraction of sp³-hybridized carbons (Fsp3) is 0.182. The minimum absolute atomic E-state index is 0.0511. The molecular formula is C22H18ClN5O3. The number of H-pyrrole nitrogens is 1. The number of nitrogens with zero attached hydrogens (tertiary/aromatic N) is 4. The van der Waals surface area contributed by atoms with Crippen molar-refractivity contribution in [2.24, 2.45) is 0 Å². The highest BCUT2D eigenvalue weighted by molar-refractivity contribution is 6.31. The summed E-state index contributed by atoms with van der Waals surface area (Å²) in [6.45, 7) is 0.409. The van der Waals surface area contributed by atoms with Gasteiger partial charge in [0.25, 0.3) is 5.89 Å². The Bertz CT molecular complexity index is 1240. The van der Waals surface area contributed by atoms with Gasteiger partial charge in [-0.2, -0.15) is 10.1 Å². The number of anilines is 1. The van der Waals surface area contributed by atoms with Crippen LogP contribution in [-0.2, 0) is 4.79 Å². The first kappa shape index (κ1) is 19.3. The van der Waals surface area contributed by atoms with E-state index in [0.29, 0.717) is 40.4 Å². The van der Waals surface area contributed by atoms with Crippen LogP contribution in [-0.4, -0.2) is 39.9 Å². The predicted molar refractivity (Wildman–Crippen MR) is 115 cm³/mol. The van der Waals surface area contributed by atoms with Crippen molar-refractivity contribution >= 4 is 23.2 Å². The Morgan fingerprint density at radius 1 is 1.19 bits per heavy atom. The largest absolute Gasteiger partial charge is 0.495 e. The number of carbonyl (C=O) groups excluding carboxylic acids is 1. The third-order valence-electron chi connectivity index (χ3n) is 5.24. The van der Waals surface area contributed by atoms with Crippen molar-refractivity contribution in [3.8, 4) is 28.6 Å². The van der Waals surface area contributed by atoms with Gasteiger partial charge in [-0.3, -0.25) is 9.89 Å². The molecule has 4 aromatic rings. The Labute approximate surface area is 182 Å². The number of aromatic nitrogens is 4. The van der Waals surface area contributed by atoms with E-state index in [4.69, 9.17) is 20.9 Å². The van der Waals surface area contributed by atoms with E-state index in [-0.39, 0.29) is 18.2 Å². The van der Waals surface area contributed by atoms with E-state index < -0.39 is 0 Å². The first-order valence-corrected chi connectivity index (χ1v) is 10.1. The highest BCUT2D eigenvalue weighted by Crippen LogP contribution is 2.37.